The summed E-state index contributed by atoms with van der Waals surface area (Å²) < 4.78 is 28.5. The Hall–Kier alpha value is -0.620. The molecule has 1 atom stereocenters. The summed E-state index contributed by atoms with van der Waals surface area (Å²) in [5, 5.41) is 0.650. The predicted octanol–water partition coefficient (Wildman–Crippen LogP) is 2.41. The second kappa shape index (κ2) is 6.22. The molecule has 6 heteroatoms. The second-order valence-corrected chi connectivity index (χ2v) is 7.25. The van der Waals surface area contributed by atoms with E-state index in [1.165, 1.54) is 4.31 Å². The molecular weight excluding hydrogens is 284 g/mol. The van der Waals surface area contributed by atoms with E-state index in [9.17, 15) is 8.42 Å². The predicted molar refractivity (Wildman–Crippen MR) is 77.2 cm³/mol. The van der Waals surface area contributed by atoms with Gasteiger partial charge in [-0.3, -0.25) is 0 Å². The Morgan fingerprint density at radius 2 is 2.05 bits per heavy atom. The molecule has 4 nitrogen and oxygen atoms in total. The summed E-state index contributed by atoms with van der Waals surface area (Å²) in [4.78, 5) is 0. The first-order valence-corrected chi connectivity index (χ1v) is 8.28. The largest absolute Gasteiger partial charge is 0.279 e. The zero-order valence-corrected chi connectivity index (χ0v) is 12.5. The maximum absolute atomic E-state index is 12.2. The molecule has 0 spiro atoms. The van der Waals surface area contributed by atoms with Crippen molar-refractivity contribution in [2.75, 3.05) is 13.1 Å². The van der Waals surface area contributed by atoms with Crippen LogP contribution in [0.3, 0.4) is 0 Å². The fourth-order valence-corrected chi connectivity index (χ4v) is 3.71. The van der Waals surface area contributed by atoms with Crippen LogP contribution < -0.4 is 4.72 Å². The lowest BCUT2D eigenvalue weighted by Gasteiger charge is -2.29. The number of hydrogen-bond donors (Lipinski definition) is 1. The molecular formula is C13H19ClN2O2S. The highest BCUT2D eigenvalue weighted by atomic mass is 35.5. The molecule has 1 fully saturated rings. The number of piperidine rings is 1. The fourth-order valence-electron chi connectivity index (χ4n) is 2.23. The van der Waals surface area contributed by atoms with Gasteiger partial charge in [-0.1, -0.05) is 30.7 Å². The molecule has 1 aliphatic rings. The Bertz CT molecular complexity index is 516. The summed E-state index contributed by atoms with van der Waals surface area (Å²) in [6.07, 6.45) is 2.03. The van der Waals surface area contributed by atoms with Crippen molar-refractivity contribution < 1.29 is 8.42 Å². The van der Waals surface area contributed by atoms with Crippen molar-refractivity contribution in [2.24, 2.45) is 5.92 Å². The van der Waals surface area contributed by atoms with Crippen molar-refractivity contribution in [3.63, 3.8) is 0 Å². The van der Waals surface area contributed by atoms with Gasteiger partial charge in [0.25, 0.3) is 10.2 Å². The smallest absolute Gasteiger partial charge is 0.198 e. The Labute approximate surface area is 119 Å². The molecule has 0 saturated carbocycles. The lowest BCUT2D eigenvalue weighted by molar-refractivity contribution is 0.278. The minimum absolute atomic E-state index is 0.296. The van der Waals surface area contributed by atoms with Gasteiger partial charge >= 0.3 is 0 Å². The van der Waals surface area contributed by atoms with Gasteiger partial charge in [-0.25, -0.2) is 0 Å². The molecule has 106 valence electrons. The van der Waals surface area contributed by atoms with E-state index in [1.807, 2.05) is 12.1 Å². The quantitative estimate of drug-likeness (QED) is 0.928. The van der Waals surface area contributed by atoms with Gasteiger partial charge in [0, 0.05) is 24.7 Å². The van der Waals surface area contributed by atoms with Gasteiger partial charge in [-0.2, -0.15) is 17.4 Å². The Balaban J connectivity index is 1.95. The monoisotopic (exact) mass is 302 g/mol. The van der Waals surface area contributed by atoms with Gasteiger partial charge in [0.05, 0.1) is 0 Å². The van der Waals surface area contributed by atoms with Gasteiger partial charge < -0.3 is 0 Å². The normalized spacial score (nSPS) is 21.5. The molecule has 1 aromatic rings. The third-order valence-electron chi connectivity index (χ3n) is 3.33. The van der Waals surface area contributed by atoms with E-state index >= 15 is 0 Å². The highest BCUT2D eigenvalue weighted by Crippen LogP contribution is 2.18. The first-order chi connectivity index (χ1) is 8.97. The van der Waals surface area contributed by atoms with E-state index in [1.54, 1.807) is 12.1 Å². The molecule has 0 amide bonds. The molecule has 0 bridgehead atoms. The molecule has 1 heterocycles. The van der Waals surface area contributed by atoms with Crippen molar-refractivity contribution in [2.45, 2.75) is 26.3 Å². The Morgan fingerprint density at radius 1 is 1.37 bits per heavy atom. The Kier molecular flexibility index (Phi) is 4.84. The lowest BCUT2D eigenvalue weighted by atomic mass is 10.0. The average Bonchev–Trinajstić information content (AvgIpc) is 2.38. The number of nitrogens with zero attached hydrogens (tertiary/aromatic N) is 1. The van der Waals surface area contributed by atoms with Gasteiger partial charge in [0.2, 0.25) is 0 Å². The molecule has 0 radical (unpaired) electrons. The molecule has 1 aliphatic heterocycles. The molecule has 2 rings (SSSR count). The van der Waals surface area contributed by atoms with Gasteiger partial charge in [0.15, 0.2) is 0 Å². The van der Waals surface area contributed by atoms with E-state index < -0.39 is 10.2 Å². The second-order valence-electron chi connectivity index (χ2n) is 5.06. The van der Waals surface area contributed by atoms with E-state index in [0.717, 1.165) is 18.4 Å². The molecule has 1 saturated heterocycles. The highest BCUT2D eigenvalue weighted by Gasteiger charge is 2.26. The number of rotatable bonds is 4. The maximum Gasteiger partial charge on any atom is 0.279 e. The van der Waals surface area contributed by atoms with E-state index in [0.29, 0.717) is 30.6 Å². The summed E-state index contributed by atoms with van der Waals surface area (Å²) in [5.41, 5.74) is 0.901. The van der Waals surface area contributed by atoms with Crippen LogP contribution in [0.5, 0.6) is 0 Å². The van der Waals surface area contributed by atoms with Crippen molar-refractivity contribution in [1.82, 2.24) is 9.03 Å². The zero-order chi connectivity index (χ0) is 13.9. The minimum Gasteiger partial charge on any atom is -0.198 e. The van der Waals surface area contributed by atoms with E-state index in [4.69, 9.17) is 11.6 Å². The van der Waals surface area contributed by atoms with Crippen molar-refractivity contribution in [1.29, 1.82) is 0 Å². The Morgan fingerprint density at radius 3 is 2.68 bits per heavy atom. The van der Waals surface area contributed by atoms with Gasteiger partial charge in [-0.15, -0.1) is 0 Å². The molecule has 0 aliphatic carbocycles. The molecule has 1 N–H and O–H groups in total. The van der Waals surface area contributed by atoms with Crippen LogP contribution in [0.15, 0.2) is 24.3 Å². The molecule has 1 unspecified atom stereocenters. The van der Waals surface area contributed by atoms with E-state index in [2.05, 4.69) is 11.6 Å². The van der Waals surface area contributed by atoms with Crippen LogP contribution >= 0.6 is 11.6 Å². The van der Waals surface area contributed by atoms with Crippen LogP contribution in [0.4, 0.5) is 0 Å². The molecule has 0 aromatic heterocycles. The minimum atomic E-state index is -3.37. The van der Waals surface area contributed by atoms with Crippen LogP contribution in [-0.4, -0.2) is 25.8 Å². The third kappa shape index (κ3) is 4.18. The number of hydrogen-bond acceptors (Lipinski definition) is 2. The van der Waals surface area contributed by atoms with Crippen molar-refractivity contribution in [3.05, 3.63) is 34.9 Å². The zero-order valence-electron chi connectivity index (χ0n) is 11.0. The lowest BCUT2D eigenvalue weighted by Crippen LogP contribution is -2.45. The number of nitrogens with one attached hydrogen (secondary N) is 1. The summed E-state index contributed by atoms with van der Waals surface area (Å²) in [6, 6.07) is 7.16. The average molecular weight is 303 g/mol. The van der Waals surface area contributed by atoms with Crippen LogP contribution in [0, 0.1) is 5.92 Å². The first kappa shape index (κ1) is 14.8. The summed E-state index contributed by atoms with van der Waals surface area (Å²) in [6.45, 7) is 3.60. The number of halogens is 1. The molecule has 1 aromatic carbocycles. The van der Waals surface area contributed by atoms with Gasteiger partial charge in [-0.05, 0) is 36.5 Å². The SMILES string of the molecule is CC1CCCN(S(=O)(=O)NCc2ccc(Cl)cc2)C1. The molecule has 19 heavy (non-hydrogen) atoms. The van der Waals surface area contributed by atoms with Crippen molar-refractivity contribution in [3.8, 4) is 0 Å². The topological polar surface area (TPSA) is 49.4 Å². The van der Waals surface area contributed by atoms with Crippen LogP contribution in [-0.2, 0) is 16.8 Å². The summed E-state index contributed by atoms with van der Waals surface area (Å²) in [5.74, 6) is 0.431. The van der Waals surface area contributed by atoms with Crippen molar-refractivity contribution >= 4 is 21.8 Å². The fraction of sp³-hybridized carbons (Fsp3) is 0.538. The third-order valence-corrected chi connectivity index (χ3v) is 5.10. The van der Waals surface area contributed by atoms with Crippen LogP contribution in [0.1, 0.15) is 25.3 Å². The standard InChI is InChI=1S/C13H19ClN2O2S/c1-11-3-2-8-16(10-11)19(17,18)15-9-12-4-6-13(14)7-5-12/h4-7,11,15H,2-3,8-10H2,1H3. The maximum atomic E-state index is 12.2. The van der Waals surface area contributed by atoms with Gasteiger partial charge in [0.1, 0.15) is 0 Å². The van der Waals surface area contributed by atoms with E-state index in [-0.39, 0.29) is 0 Å². The summed E-state index contributed by atoms with van der Waals surface area (Å²) in [7, 11) is -3.37. The summed E-state index contributed by atoms with van der Waals surface area (Å²) >= 11 is 5.79. The van der Waals surface area contributed by atoms with Crippen LogP contribution in [0.25, 0.3) is 0 Å². The first-order valence-electron chi connectivity index (χ1n) is 6.46. The van der Waals surface area contributed by atoms with Crippen LogP contribution in [0.2, 0.25) is 5.02 Å². The number of benzene rings is 1. The highest BCUT2D eigenvalue weighted by molar-refractivity contribution is 7.87.